The van der Waals surface area contributed by atoms with Crippen molar-refractivity contribution < 1.29 is 39.1 Å². The molecule has 2 aromatic carbocycles. The van der Waals surface area contributed by atoms with Gasteiger partial charge < -0.3 is 34.3 Å². The molecule has 8 nitrogen and oxygen atoms in total. The van der Waals surface area contributed by atoms with Crippen LogP contribution in [-0.4, -0.2) is 41.8 Å². The van der Waals surface area contributed by atoms with Gasteiger partial charge >= 0.3 is 5.97 Å². The third-order valence-electron chi connectivity index (χ3n) is 6.07. The standard InChI is InChI=1S/C21H20O8/c1-26-16-3-9(2-10(6-22)19(16)23)17-11-4-14-15(29-8-28-14)5-12(11)20(24)13-7-27-21(25)18(13)17/h2-5,13,17-18,20,22-24H,6-8H2,1H3/t13-,17+,18-,20+/m0/s1. The molecule has 0 aromatic heterocycles. The molecule has 0 amide bonds. The molecule has 4 atom stereocenters. The Morgan fingerprint density at radius 3 is 2.52 bits per heavy atom. The number of fused-ring (bicyclic) bond motifs is 3. The summed E-state index contributed by atoms with van der Waals surface area (Å²) in [5.74, 6) is -0.753. The quantitative estimate of drug-likeness (QED) is 0.666. The second-order valence-electron chi connectivity index (χ2n) is 7.47. The van der Waals surface area contributed by atoms with E-state index in [1.54, 1.807) is 24.3 Å². The molecule has 0 saturated carbocycles. The van der Waals surface area contributed by atoms with Crippen molar-refractivity contribution in [2.45, 2.75) is 18.6 Å². The summed E-state index contributed by atoms with van der Waals surface area (Å²) in [7, 11) is 1.42. The van der Waals surface area contributed by atoms with Gasteiger partial charge in [-0.25, -0.2) is 0 Å². The van der Waals surface area contributed by atoms with Gasteiger partial charge in [0.1, 0.15) is 0 Å². The first-order valence-corrected chi connectivity index (χ1v) is 9.32. The number of aromatic hydroxyl groups is 1. The van der Waals surface area contributed by atoms with Gasteiger partial charge in [0.2, 0.25) is 6.79 Å². The second-order valence-corrected chi connectivity index (χ2v) is 7.47. The number of hydrogen-bond donors (Lipinski definition) is 3. The van der Waals surface area contributed by atoms with E-state index in [0.717, 1.165) is 5.56 Å². The lowest BCUT2D eigenvalue weighted by Gasteiger charge is -2.37. The van der Waals surface area contributed by atoms with Gasteiger partial charge in [-0.1, -0.05) is 0 Å². The van der Waals surface area contributed by atoms with E-state index in [1.807, 2.05) is 0 Å². The Kier molecular flexibility index (Phi) is 4.07. The monoisotopic (exact) mass is 400 g/mol. The molecule has 3 N–H and O–H groups in total. The SMILES string of the molecule is COc1cc([C@@H]2c3cc4c(cc3[C@@H](O)[C@H]3COC(=O)[C@H]23)OCO4)cc(CO)c1O. The van der Waals surface area contributed by atoms with E-state index in [2.05, 4.69) is 0 Å². The summed E-state index contributed by atoms with van der Waals surface area (Å²) in [5, 5.41) is 30.9. The summed E-state index contributed by atoms with van der Waals surface area (Å²) in [6.07, 6.45) is -0.886. The first-order chi connectivity index (χ1) is 14.0. The van der Waals surface area contributed by atoms with Gasteiger partial charge in [0.25, 0.3) is 0 Å². The minimum atomic E-state index is -0.886. The van der Waals surface area contributed by atoms with Crippen LogP contribution in [0.1, 0.15) is 34.3 Å². The summed E-state index contributed by atoms with van der Waals surface area (Å²) < 4.78 is 21.5. The molecule has 29 heavy (non-hydrogen) atoms. The van der Waals surface area contributed by atoms with Crippen molar-refractivity contribution in [3.05, 3.63) is 46.5 Å². The van der Waals surface area contributed by atoms with E-state index in [1.165, 1.54) is 7.11 Å². The molecule has 2 heterocycles. The number of rotatable bonds is 3. The zero-order valence-electron chi connectivity index (χ0n) is 15.6. The van der Waals surface area contributed by atoms with Crippen molar-refractivity contribution in [3.8, 4) is 23.0 Å². The van der Waals surface area contributed by atoms with Crippen LogP contribution in [0.25, 0.3) is 0 Å². The van der Waals surface area contributed by atoms with E-state index >= 15 is 0 Å². The van der Waals surface area contributed by atoms with Gasteiger partial charge in [0, 0.05) is 17.4 Å². The van der Waals surface area contributed by atoms with Crippen LogP contribution in [0.3, 0.4) is 0 Å². The van der Waals surface area contributed by atoms with Crippen molar-refractivity contribution in [3.63, 3.8) is 0 Å². The summed E-state index contributed by atoms with van der Waals surface area (Å²) in [6, 6.07) is 6.83. The fourth-order valence-corrected chi connectivity index (χ4v) is 4.68. The van der Waals surface area contributed by atoms with E-state index in [-0.39, 0.29) is 36.4 Å². The molecule has 3 aliphatic rings. The van der Waals surface area contributed by atoms with Gasteiger partial charge in [-0.05, 0) is 41.0 Å². The van der Waals surface area contributed by atoms with Crippen LogP contribution in [0.5, 0.6) is 23.0 Å². The van der Waals surface area contributed by atoms with Crippen molar-refractivity contribution in [1.82, 2.24) is 0 Å². The highest BCUT2D eigenvalue weighted by Crippen LogP contribution is 2.54. The Morgan fingerprint density at radius 2 is 1.83 bits per heavy atom. The first kappa shape index (κ1) is 18.1. The van der Waals surface area contributed by atoms with Gasteiger partial charge in [0.05, 0.1) is 32.3 Å². The molecule has 1 saturated heterocycles. The summed E-state index contributed by atoms with van der Waals surface area (Å²) >= 11 is 0. The van der Waals surface area contributed by atoms with Crippen LogP contribution >= 0.6 is 0 Å². The van der Waals surface area contributed by atoms with Crippen LogP contribution in [0.2, 0.25) is 0 Å². The predicted octanol–water partition coefficient (Wildman–Crippen LogP) is 1.59. The van der Waals surface area contributed by atoms with Crippen LogP contribution in [0.4, 0.5) is 0 Å². The Bertz CT molecular complexity index is 975. The fraction of sp³-hybridized carbons (Fsp3) is 0.381. The average molecular weight is 400 g/mol. The molecule has 0 bridgehead atoms. The number of carbonyl (C=O) groups is 1. The highest BCUT2D eigenvalue weighted by molar-refractivity contribution is 5.78. The number of carbonyl (C=O) groups excluding carboxylic acids is 1. The number of aliphatic hydroxyl groups is 2. The Morgan fingerprint density at radius 1 is 1.10 bits per heavy atom. The van der Waals surface area contributed by atoms with Crippen molar-refractivity contribution in [2.75, 3.05) is 20.5 Å². The zero-order valence-corrected chi connectivity index (χ0v) is 15.6. The lowest BCUT2D eigenvalue weighted by Crippen LogP contribution is -2.34. The number of phenols is 1. The molecule has 152 valence electrons. The minimum Gasteiger partial charge on any atom is -0.504 e. The summed E-state index contributed by atoms with van der Waals surface area (Å²) in [4.78, 5) is 12.6. The molecule has 0 unspecified atom stereocenters. The smallest absolute Gasteiger partial charge is 0.310 e. The molecule has 5 rings (SSSR count). The average Bonchev–Trinajstić information content (AvgIpc) is 3.34. The molecular formula is C21H20O8. The van der Waals surface area contributed by atoms with E-state index in [9.17, 15) is 20.1 Å². The number of benzene rings is 2. The number of esters is 1. The largest absolute Gasteiger partial charge is 0.504 e. The minimum absolute atomic E-state index is 0.0928. The zero-order chi connectivity index (χ0) is 20.3. The predicted molar refractivity (Wildman–Crippen MR) is 97.9 cm³/mol. The number of ether oxygens (including phenoxy) is 4. The molecular weight excluding hydrogens is 380 g/mol. The van der Waals surface area contributed by atoms with Crippen LogP contribution < -0.4 is 14.2 Å². The normalized spacial score (nSPS) is 26.7. The highest BCUT2D eigenvalue weighted by atomic mass is 16.7. The summed E-state index contributed by atoms with van der Waals surface area (Å²) in [5.41, 5.74) is 2.33. The topological polar surface area (TPSA) is 115 Å². The Balaban J connectivity index is 1.75. The number of aliphatic hydroxyl groups excluding tert-OH is 2. The van der Waals surface area contributed by atoms with Crippen molar-refractivity contribution in [2.24, 2.45) is 11.8 Å². The molecule has 1 fully saturated rings. The van der Waals surface area contributed by atoms with E-state index < -0.39 is 30.5 Å². The van der Waals surface area contributed by atoms with Crippen LogP contribution in [0.15, 0.2) is 24.3 Å². The van der Waals surface area contributed by atoms with Crippen LogP contribution in [-0.2, 0) is 16.1 Å². The second kappa shape index (κ2) is 6.53. The van der Waals surface area contributed by atoms with Crippen molar-refractivity contribution >= 4 is 5.97 Å². The maximum absolute atomic E-state index is 12.6. The first-order valence-electron chi connectivity index (χ1n) is 9.32. The number of cyclic esters (lactones) is 1. The summed E-state index contributed by atoms with van der Waals surface area (Å²) in [6.45, 7) is -0.176. The lowest BCUT2D eigenvalue weighted by molar-refractivity contribution is -0.141. The molecule has 2 aromatic rings. The molecule has 0 radical (unpaired) electrons. The molecule has 8 heteroatoms. The van der Waals surface area contributed by atoms with Crippen LogP contribution in [0, 0.1) is 11.8 Å². The van der Waals surface area contributed by atoms with Gasteiger partial charge in [-0.15, -0.1) is 0 Å². The highest BCUT2D eigenvalue weighted by Gasteiger charge is 2.52. The number of hydrogen-bond acceptors (Lipinski definition) is 8. The molecule has 0 spiro atoms. The van der Waals surface area contributed by atoms with Gasteiger partial charge in [-0.3, -0.25) is 4.79 Å². The van der Waals surface area contributed by atoms with Gasteiger partial charge in [-0.2, -0.15) is 0 Å². The van der Waals surface area contributed by atoms with E-state index in [0.29, 0.717) is 22.6 Å². The maximum atomic E-state index is 12.6. The third kappa shape index (κ3) is 2.56. The Hall–Kier alpha value is -2.97. The van der Waals surface area contributed by atoms with Crippen molar-refractivity contribution in [1.29, 1.82) is 0 Å². The lowest BCUT2D eigenvalue weighted by atomic mass is 9.66. The van der Waals surface area contributed by atoms with Gasteiger partial charge in [0.15, 0.2) is 23.0 Å². The van der Waals surface area contributed by atoms with E-state index in [4.69, 9.17) is 18.9 Å². The molecule has 2 aliphatic heterocycles. The molecule has 1 aliphatic carbocycles. The number of methoxy groups -OCH3 is 1. The fourth-order valence-electron chi connectivity index (χ4n) is 4.68. The third-order valence-corrected chi connectivity index (χ3v) is 6.07. The maximum Gasteiger partial charge on any atom is 0.310 e. The Labute approximate surface area is 166 Å².